The molecule has 0 saturated heterocycles. The van der Waals surface area contributed by atoms with Crippen LogP contribution in [0.1, 0.15) is 24.8 Å². The Morgan fingerprint density at radius 1 is 1.45 bits per heavy atom. The lowest BCUT2D eigenvalue weighted by atomic mass is 10.2. The molecule has 1 N–H and O–H groups in total. The Morgan fingerprint density at radius 2 is 2.20 bits per heavy atom. The van der Waals surface area contributed by atoms with Gasteiger partial charge in [0.1, 0.15) is 11.6 Å². The number of nitrogens with one attached hydrogen (secondary N) is 1. The fourth-order valence-electron chi connectivity index (χ4n) is 1.46. The highest BCUT2D eigenvalue weighted by molar-refractivity contribution is 7.15. The number of rotatable bonds is 4. The van der Waals surface area contributed by atoms with E-state index in [-0.39, 0.29) is 23.9 Å². The third-order valence-corrected chi connectivity index (χ3v) is 3.81. The van der Waals surface area contributed by atoms with Gasteiger partial charge in [-0.2, -0.15) is 0 Å². The lowest BCUT2D eigenvalue weighted by Gasteiger charge is -2.05. The topological polar surface area (TPSA) is 76.9 Å². The van der Waals surface area contributed by atoms with E-state index in [1.54, 1.807) is 0 Å². The summed E-state index contributed by atoms with van der Waals surface area (Å²) in [7, 11) is 0. The van der Waals surface area contributed by atoms with E-state index in [4.69, 9.17) is 11.6 Å². The Hall–Kier alpha value is -1.73. The zero-order valence-corrected chi connectivity index (χ0v) is 12.5. The van der Waals surface area contributed by atoms with Gasteiger partial charge < -0.3 is 4.57 Å². The van der Waals surface area contributed by atoms with Crippen molar-refractivity contribution >= 4 is 34.0 Å². The lowest BCUT2D eigenvalue weighted by molar-refractivity contribution is -0.116. The molecule has 0 radical (unpaired) electrons. The predicted molar refractivity (Wildman–Crippen MR) is 78.3 cm³/mol. The second kappa shape index (κ2) is 6.15. The zero-order chi connectivity index (χ0) is 14.7. The Kier molecular flexibility index (Phi) is 4.51. The van der Waals surface area contributed by atoms with Crippen molar-refractivity contribution < 1.29 is 4.79 Å². The molecule has 106 valence electrons. The van der Waals surface area contributed by atoms with Gasteiger partial charge in [-0.05, 0) is 6.07 Å². The maximum atomic E-state index is 11.8. The molecule has 0 fully saturated rings. The fraction of sp³-hybridized carbons (Fsp3) is 0.333. The van der Waals surface area contributed by atoms with Crippen molar-refractivity contribution in [3.8, 4) is 0 Å². The maximum Gasteiger partial charge on any atom is 0.251 e. The number of amides is 1. The number of halogens is 1. The molecular formula is C12H13ClN4O2S. The van der Waals surface area contributed by atoms with Crippen LogP contribution in [0.5, 0.6) is 0 Å². The van der Waals surface area contributed by atoms with Gasteiger partial charge in [0.2, 0.25) is 11.0 Å². The third-order valence-electron chi connectivity index (χ3n) is 2.44. The highest BCUT2D eigenvalue weighted by atomic mass is 35.5. The molecule has 0 atom stereocenters. The summed E-state index contributed by atoms with van der Waals surface area (Å²) in [4.78, 5) is 23.4. The van der Waals surface area contributed by atoms with Crippen LogP contribution >= 0.6 is 22.9 Å². The first-order chi connectivity index (χ1) is 9.45. The first-order valence-corrected chi connectivity index (χ1v) is 7.14. The third kappa shape index (κ3) is 3.64. The van der Waals surface area contributed by atoms with Gasteiger partial charge in [0.15, 0.2) is 0 Å². The van der Waals surface area contributed by atoms with Gasteiger partial charge in [-0.15, -0.1) is 10.2 Å². The number of anilines is 1. The molecule has 0 aliphatic heterocycles. The van der Waals surface area contributed by atoms with Crippen molar-refractivity contribution in [2.75, 3.05) is 5.32 Å². The molecule has 0 bridgehead atoms. The highest BCUT2D eigenvalue weighted by Gasteiger charge is 2.11. The summed E-state index contributed by atoms with van der Waals surface area (Å²) in [5, 5.41) is 12.1. The van der Waals surface area contributed by atoms with E-state index < -0.39 is 0 Å². The Bertz CT molecular complexity index is 680. The van der Waals surface area contributed by atoms with E-state index >= 15 is 0 Å². The van der Waals surface area contributed by atoms with Crippen LogP contribution in [0.15, 0.2) is 23.1 Å². The summed E-state index contributed by atoms with van der Waals surface area (Å²) in [6.07, 6.45) is 1.42. The molecule has 2 aromatic heterocycles. The number of hydrogen-bond donors (Lipinski definition) is 1. The van der Waals surface area contributed by atoms with Gasteiger partial charge >= 0.3 is 0 Å². The Balaban J connectivity index is 2.05. The number of carbonyl (C=O) groups excluding carboxylic acids is 1. The Labute approximate surface area is 124 Å². The van der Waals surface area contributed by atoms with Crippen LogP contribution in [0.25, 0.3) is 0 Å². The number of nitrogens with zero attached hydrogens (tertiary/aromatic N) is 3. The van der Waals surface area contributed by atoms with Crippen molar-refractivity contribution in [2.24, 2.45) is 0 Å². The van der Waals surface area contributed by atoms with Crippen molar-refractivity contribution in [3.63, 3.8) is 0 Å². The summed E-state index contributed by atoms with van der Waals surface area (Å²) in [6.45, 7) is 3.88. The quantitative estimate of drug-likeness (QED) is 0.938. The standard InChI is InChI=1S/C12H13ClN4O2S/c1-7(2)11-15-16-12(20-11)14-9(18)6-17-5-8(13)3-4-10(17)19/h3-5,7H,6H2,1-2H3,(H,14,16,18). The molecule has 0 spiro atoms. The molecule has 0 unspecified atom stereocenters. The van der Waals surface area contributed by atoms with E-state index in [2.05, 4.69) is 15.5 Å². The van der Waals surface area contributed by atoms with Gasteiger partial charge in [0.05, 0.1) is 5.02 Å². The molecular weight excluding hydrogens is 300 g/mol. The Morgan fingerprint density at radius 3 is 2.85 bits per heavy atom. The van der Waals surface area contributed by atoms with Crippen LogP contribution in [0.2, 0.25) is 5.02 Å². The van der Waals surface area contributed by atoms with Crippen LogP contribution in [0.3, 0.4) is 0 Å². The molecule has 0 aromatic carbocycles. The summed E-state index contributed by atoms with van der Waals surface area (Å²) in [5.74, 6) is -0.0884. The van der Waals surface area contributed by atoms with Gasteiger partial charge in [-0.3, -0.25) is 14.9 Å². The molecule has 0 aliphatic rings. The fourth-order valence-corrected chi connectivity index (χ4v) is 2.40. The molecule has 1 amide bonds. The van der Waals surface area contributed by atoms with Gasteiger partial charge in [-0.25, -0.2) is 0 Å². The molecule has 0 aliphatic carbocycles. The van der Waals surface area contributed by atoms with E-state index in [1.807, 2.05) is 13.8 Å². The van der Waals surface area contributed by atoms with Gasteiger partial charge in [0.25, 0.3) is 5.56 Å². The minimum atomic E-state index is -0.346. The first-order valence-electron chi connectivity index (χ1n) is 5.95. The molecule has 2 heterocycles. The number of pyridine rings is 1. The second-order valence-corrected chi connectivity index (χ2v) is 5.91. The summed E-state index contributed by atoms with van der Waals surface area (Å²) >= 11 is 7.11. The van der Waals surface area contributed by atoms with E-state index in [0.717, 1.165) is 5.01 Å². The summed E-state index contributed by atoms with van der Waals surface area (Å²) in [6, 6.07) is 2.80. The van der Waals surface area contributed by atoms with E-state index in [1.165, 1.54) is 34.2 Å². The van der Waals surface area contributed by atoms with Crippen molar-refractivity contribution in [3.05, 3.63) is 38.7 Å². The summed E-state index contributed by atoms with van der Waals surface area (Å²) < 4.78 is 1.24. The molecule has 2 rings (SSSR count). The lowest BCUT2D eigenvalue weighted by Crippen LogP contribution is -2.26. The number of hydrogen-bond acceptors (Lipinski definition) is 5. The van der Waals surface area contributed by atoms with Crippen LogP contribution in [0.4, 0.5) is 5.13 Å². The van der Waals surface area contributed by atoms with E-state index in [9.17, 15) is 9.59 Å². The molecule has 20 heavy (non-hydrogen) atoms. The number of carbonyl (C=O) groups is 1. The predicted octanol–water partition coefficient (Wildman–Crippen LogP) is 2.12. The zero-order valence-electron chi connectivity index (χ0n) is 11.0. The van der Waals surface area contributed by atoms with Crippen molar-refractivity contribution in [1.82, 2.24) is 14.8 Å². The minimum absolute atomic E-state index is 0.115. The molecule has 0 saturated carbocycles. The SMILES string of the molecule is CC(C)c1nnc(NC(=O)Cn2cc(Cl)ccc2=O)s1. The molecule has 2 aromatic rings. The van der Waals surface area contributed by atoms with Gasteiger partial charge in [0, 0.05) is 18.2 Å². The normalized spacial score (nSPS) is 10.8. The summed E-state index contributed by atoms with van der Waals surface area (Å²) in [5.41, 5.74) is -0.287. The van der Waals surface area contributed by atoms with E-state index in [0.29, 0.717) is 10.2 Å². The first kappa shape index (κ1) is 14.7. The number of aromatic nitrogens is 3. The highest BCUT2D eigenvalue weighted by Crippen LogP contribution is 2.22. The minimum Gasteiger partial charge on any atom is -0.305 e. The maximum absolute atomic E-state index is 11.8. The van der Waals surface area contributed by atoms with Crippen LogP contribution < -0.4 is 10.9 Å². The van der Waals surface area contributed by atoms with Crippen molar-refractivity contribution in [2.45, 2.75) is 26.3 Å². The molecule has 8 heteroatoms. The van der Waals surface area contributed by atoms with Crippen LogP contribution in [0, 0.1) is 0 Å². The second-order valence-electron chi connectivity index (χ2n) is 4.46. The average molecular weight is 313 g/mol. The molecule has 6 nitrogen and oxygen atoms in total. The monoisotopic (exact) mass is 312 g/mol. The average Bonchev–Trinajstić information content (AvgIpc) is 2.82. The smallest absolute Gasteiger partial charge is 0.251 e. The largest absolute Gasteiger partial charge is 0.305 e. The van der Waals surface area contributed by atoms with Crippen LogP contribution in [-0.2, 0) is 11.3 Å². The van der Waals surface area contributed by atoms with Crippen molar-refractivity contribution in [1.29, 1.82) is 0 Å². The van der Waals surface area contributed by atoms with Gasteiger partial charge in [-0.1, -0.05) is 36.8 Å². The van der Waals surface area contributed by atoms with Crippen LogP contribution in [-0.4, -0.2) is 20.7 Å².